The molecule has 32 heavy (non-hydrogen) atoms. The van der Waals surface area contributed by atoms with Gasteiger partial charge in [-0.15, -0.1) is 0 Å². The van der Waals surface area contributed by atoms with Gasteiger partial charge in [0.25, 0.3) is 11.1 Å². The smallest absolute Gasteiger partial charge is 0.293 e. The van der Waals surface area contributed by atoms with E-state index in [0.717, 1.165) is 35.1 Å². The molecule has 1 atom stereocenters. The fraction of sp³-hybridized carbons (Fsp3) is 0.385. The van der Waals surface area contributed by atoms with Crippen molar-refractivity contribution in [2.45, 2.75) is 45.6 Å². The highest BCUT2D eigenvalue weighted by Gasteiger charge is 2.36. The number of hydrogen-bond donors (Lipinski definition) is 0. The zero-order valence-electron chi connectivity index (χ0n) is 19.3. The molecule has 1 fully saturated rings. The molecule has 0 bridgehead atoms. The summed E-state index contributed by atoms with van der Waals surface area (Å²) >= 11 is 0.996. The molecule has 1 saturated heterocycles. The number of thioether (sulfide) groups is 1. The van der Waals surface area contributed by atoms with Crippen LogP contribution in [0.2, 0.25) is 0 Å². The van der Waals surface area contributed by atoms with Gasteiger partial charge in [-0.3, -0.25) is 14.5 Å². The lowest BCUT2D eigenvalue weighted by atomic mass is 9.80. The maximum atomic E-state index is 12.8. The summed E-state index contributed by atoms with van der Waals surface area (Å²) < 4.78 is 5.69. The van der Waals surface area contributed by atoms with E-state index < -0.39 is 0 Å². The first kappa shape index (κ1) is 22.5. The largest absolute Gasteiger partial charge is 0.492 e. The number of hydrogen-bond acceptors (Lipinski definition) is 5. The summed E-state index contributed by atoms with van der Waals surface area (Å²) in [5.41, 5.74) is 4.72. The molecule has 0 radical (unpaired) electrons. The molecule has 2 aliphatic heterocycles. The Labute approximate surface area is 194 Å². The van der Waals surface area contributed by atoms with E-state index in [9.17, 15) is 9.59 Å². The van der Waals surface area contributed by atoms with Crippen molar-refractivity contribution in [2.75, 3.05) is 25.1 Å². The van der Waals surface area contributed by atoms with E-state index >= 15 is 0 Å². The predicted molar refractivity (Wildman–Crippen MR) is 131 cm³/mol. The lowest BCUT2D eigenvalue weighted by molar-refractivity contribution is -0.123. The maximum absolute atomic E-state index is 12.8. The van der Waals surface area contributed by atoms with Gasteiger partial charge in [-0.05, 0) is 86.3 Å². The summed E-state index contributed by atoms with van der Waals surface area (Å²) in [5.74, 6) is 0.907. The predicted octanol–water partition coefficient (Wildman–Crippen LogP) is 5.83. The number of aryl methyl sites for hydroxylation is 1. The van der Waals surface area contributed by atoms with E-state index in [1.807, 2.05) is 43.3 Å². The van der Waals surface area contributed by atoms with Crippen LogP contribution in [0.15, 0.2) is 47.4 Å². The van der Waals surface area contributed by atoms with E-state index in [1.54, 1.807) is 0 Å². The Kier molecular flexibility index (Phi) is 6.08. The molecule has 5 nitrogen and oxygen atoms in total. The van der Waals surface area contributed by atoms with Crippen LogP contribution < -0.4 is 9.64 Å². The first-order valence-electron chi connectivity index (χ1n) is 11.0. The number of nitrogens with zero attached hydrogens (tertiary/aromatic N) is 2. The van der Waals surface area contributed by atoms with Crippen LogP contribution in [0, 0.1) is 6.92 Å². The molecule has 2 aromatic rings. The highest BCUT2D eigenvalue weighted by atomic mass is 32.2. The molecule has 4 rings (SSSR count). The Morgan fingerprint density at radius 3 is 2.59 bits per heavy atom. The normalized spacial score (nSPS) is 21.3. The van der Waals surface area contributed by atoms with Crippen molar-refractivity contribution in [3.63, 3.8) is 0 Å². The number of ether oxygens (including phenoxy) is 1. The van der Waals surface area contributed by atoms with Gasteiger partial charge in [0, 0.05) is 18.3 Å². The Hall–Kier alpha value is -2.73. The van der Waals surface area contributed by atoms with Crippen molar-refractivity contribution in [3.8, 4) is 5.75 Å². The second-order valence-electron chi connectivity index (χ2n) is 9.29. The van der Waals surface area contributed by atoms with E-state index in [2.05, 4.69) is 44.9 Å². The van der Waals surface area contributed by atoms with Crippen LogP contribution in [0.3, 0.4) is 0 Å². The van der Waals surface area contributed by atoms with Gasteiger partial charge in [0.1, 0.15) is 12.4 Å². The molecule has 2 amide bonds. The molecule has 2 aliphatic rings. The van der Waals surface area contributed by atoms with Crippen molar-refractivity contribution < 1.29 is 14.3 Å². The fourth-order valence-corrected chi connectivity index (χ4v) is 5.28. The lowest BCUT2D eigenvalue weighted by Gasteiger charge is -2.45. The van der Waals surface area contributed by atoms with Crippen molar-refractivity contribution in [1.82, 2.24) is 4.90 Å². The summed E-state index contributed by atoms with van der Waals surface area (Å²) in [6.07, 6.45) is 2.90. The average molecular weight is 451 g/mol. The molecular weight excluding hydrogens is 420 g/mol. The maximum Gasteiger partial charge on any atom is 0.293 e. The van der Waals surface area contributed by atoms with Gasteiger partial charge in [0.05, 0.1) is 11.4 Å². The molecule has 0 aliphatic carbocycles. The molecule has 6 heteroatoms. The summed E-state index contributed by atoms with van der Waals surface area (Å²) in [6, 6.07) is 14.0. The summed E-state index contributed by atoms with van der Waals surface area (Å²) in [6.45, 7) is 9.29. The Morgan fingerprint density at radius 2 is 1.88 bits per heavy atom. The minimum Gasteiger partial charge on any atom is -0.492 e. The number of carbonyl (C=O) groups is 2. The molecule has 0 N–H and O–H groups in total. The molecule has 0 saturated carbocycles. The van der Waals surface area contributed by atoms with Crippen molar-refractivity contribution in [2.24, 2.45) is 0 Å². The fourth-order valence-electron chi connectivity index (χ4n) is 4.42. The van der Waals surface area contributed by atoms with E-state index in [1.165, 1.54) is 16.2 Å². The first-order chi connectivity index (χ1) is 15.2. The van der Waals surface area contributed by atoms with E-state index in [4.69, 9.17) is 4.74 Å². The minimum absolute atomic E-state index is 0.108. The number of fused-ring (bicyclic) bond motifs is 1. The molecule has 2 heterocycles. The number of carbonyl (C=O) groups excluding carboxylic acids is 2. The van der Waals surface area contributed by atoms with Crippen LogP contribution in [0.4, 0.5) is 10.5 Å². The van der Waals surface area contributed by atoms with Gasteiger partial charge >= 0.3 is 0 Å². The number of benzene rings is 2. The highest BCUT2D eigenvalue weighted by Crippen LogP contribution is 2.43. The van der Waals surface area contributed by atoms with Crippen LogP contribution >= 0.6 is 11.8 Å². The molecule has 2 aromatic carbocycles. The first-order valence-corrected chi connectivity index (χ1v) is 11.8. The summed E-state index contributed by atoms with van der Waals surface area (Å²) in [7, 11) is 2.13. The van der Waals surface area contributed by atoms with E-state index in [-0.39, 0.29) is 29.8 Å². The van der Waals surface area contributed by atoms with E-state index in [0.29, 0.717) is 10.8 Å². The van der Waals surface area contributed by atoms with Crippen LogP contribution in [0.5, 0.6) is 5.75 Å². The van der Waals surface area contributed by atoms with Crippen molar-refractivity contribution in [1.29, 1.82) is 0 Å². The molecule has 0 aromatic heterocycles. The average Bonchev–Trinajstić information content (AvgIpc) is 3.00. The Bertz CT molecular complexity index is 1070. The minimum atomic E-state index is -0.253. The van der Waals surface area contributed by atoms with Gasteiger partial charge in [-0.25, -0.2) is 0 Å². The number of rotatable bonds is 5. The monoisotopic (exact) mass is 450 g/mol. The van der Waals surface area contributed by atoms with Crippen LogP contribution in [0.1, 0.15) is 49.8 Å². The van der Waals surface area contributed by atoms with Gasteiger partial charge < -0.3 is 9.64 Å². The number of amides is 2. The highest BCUT2D eigenvalue weighted by molar-refractivity contribution is 8.18. The molecule has 168 valence electrons. The zero-order valence-corrected chi connectivity index (χ0v) is 20.2. The Morgan fingerprint density at radius 1 is 1.16 bits per heavy atom. The lowest BCUT2D eigenvalue weighted by Crippen LogP contribution is -2.45. The SMILES string of the molecule is Cc1ccc(OCCN2C(=O)S/C(=C/c3ccc4c(c3)C(C)CC(C)(C)N4C)C2=O)cc1. The van der Waals surface area contributed by atoms with Gasteiger partial charge in [0.15, 0.2) is 0 Å². The molecular formula is C26H30N2O3S. The molecule has 1 unspecified atom stereocenters. The second kappa shape index (κ2) is 8.66. The van der Waals surface area contributed by atoms with Crippen LogP contribution in [-0.4, -0.2) is 41.8 Å². The van der Waals surface area contributed by atoms with Crippen LogP contribution in [-0.2, 0) is 4.79 Å². The standard InChI is InChI=1S/C26H30N2O3S/c1-17-6-9-20(10-7-17)31-13-12-28-24(29)23(32-25(28)30)15-19-8-11-22-21(14-19)18(2)16-26(3,4)27(22)5/h6-11,14-15,18H,12-13,16H2,1-5H3/b23-15+. The number of anilines is 1. The van der Waals surface area contributed by atoms with Gasteiger partial charge in [-0.2, -0.15) is 0 Å². The molecule has 0 spiro atoms. The Balaban J connectivity index is 1.46. The summed E-state index contributed by atoms with van der Waals surface area (Å²) in [5, 5.41) is -0.249. The van der Waals surface area contributed by atoms with Crippen molar-refractivity contribution >= 4 is 34.7 Å². The van der Waals surface area contributed by atoms with Gasteiger partial charge in [-0.1, -0.05) is 30.7 Å². The third-order valence-electron chi connectivity index (χ3n) is 6.43. The third-order valence-corrected chi connectivity index (χ3v) is 7.34. The number of imide groups is 1. The zero-order chi connectivity index (χ0) is 23.0. The third kappa shape index (κ3) is 4.42. The second-order valence-corrected chi connectivity index (χ2v) is 10.3. The summed E-state index contributed by atoms with van der Waals surface area (Å²) in [4.78, 5) is 29.3. The van der Waals surface area contributed by atoms with Crippen LogP contribution in [0.25, 0.3) is 6.08 Å². The quantitative estimate of drug-likeness (QED) is 0.536. The van der Waals surface area contributed by atoms with Crippen molar-refractivity contribution in [3.05, 3.63) is 64.1 Å². The van der Waals surface area contributed by atoms with Gasteiger partial charge in [0.2, 0.25) is 0 Å². The topological polar surface area (TPSA) is 49.9 Å².